The summed E-state index contributed by atoms with van der Waals surface area (Å²) in [6, 6.07) is 0. The normalized spacial score (nSPS) is 27.8. The minimum Gasteiger partial charge on any atom is -0.330 e. The molecule has 0 aromatic heterocycles. The molecule has 0 aromatic carbocycles. The van der Waals surface area contributed by atoms with Gasteiger partial charge in [0, 0.05) is 25.9 Å². The summed E-state index contributed by atoms with van der Waals surface area (Å²) in [5.41, 5.74) is -0.583. The number of piperidine rings is 1. The number of rotatable bonds is 3. The van der Waals surface area contributed by atoms with Crippen LogP contribution in [0.15, 0.2) is 0 Å². The summed E-state index contributed by atoms with van der Waals surface area (Å²) in [6.45, 7) is 6.63. The first-order valence-electron chi connectivity index (χ1n) is 7.43. The monoisotopic (exact) mass is 266 g/mol. The van der Waals surface area contributed by atoms with Crippen LogP contribution in [0.3, 0.4) is 0 Å². The minimum atomic E-state index is -0.583. The molecule has 0 spiro atoms. The molecule has 1 atom stereocenters. The number of ketones is 1. The highest BCUT2D eigenvalue weighted by Crippen LogP contribution is 2.27. The Kier molecular flexibility index (Phi) is 4.29. The van der Waals surface area contributed by atoms with Crippen LogP contribution >= 0.6 is 0 Å². The molecule has 0 aliphatic carbocycles. The molecule has 108 valence electrons. The zero-order valence-electron chi connectivity index (χ0n) is 12.4. The standard InChI is InChI=1S/C15H26N2O2/c1-15(2)13(18)8-10-17(15)14(19)7-6-12-5-4-9-16(3)11-12/h12H,4-11H2,1-3H3. The highest BCUT2D eigenvalue weighted by Gasteiger charge is 2.42. The number of nitrogens with zero attached hydrogens (tertiary/aromatic N) is 2. The summed E-state index contributed by atoms with van der Waals surface area (Å²) in [7, 11) is 2.15. The molecule has 2 fully saturated rings. The van der Waals surface area contributed by atoms with Crippen molar-refractivity contribution >= 4 is 11.7 Å². The van der Waals surface area contributed by atoms with E-state index >= 15 is 0 Å². The molecule has 2 aliphatic rings. The summed E-state index contributed by atoms with van der Waals surface area (Å²) in [5.74, 6) is 0.992. The van der Waals surface area contributed by atoms with E-state index in [0.717, 1.165) is 13.0 Å². The third kappa shape index (κ3) is 3.16. The van der Waals surface area contributed by atoms with Gasteiger partial charge in [0.05, 0.1) is 5.54 Å². The second-order valence-electron chi connectivity index (χ2n) is 6.59. The fraction of sp³-hybridized carbons (Fsp3) is 0.867. The van der Waals surface area contributed by atoms with E-state index in [1.807, 2.05) is 13.8 Å². The van der Waals surface area contributed by atoms with Gasteiger partial charge in [-0.15, -0.1) is 0 Å². The molecule has 1 amide bonds. The van der Waals surface area contributed by atoms with E-state index in [4.69, 9.17) is 0 Å². The maximum Gasteiger partial charge on any atom is 0.223 e. The molecule has 0 N–H and O–H groups in total. The summed E-state index contributed by atoms with van der Waals surface area (Å²) in [5, 5.41) is 0. The Morgan fingerprint density at radius 3 is 2.68 bits per heavy atom. The van der Waals surface area contributed by atoms with Crippen molar-refractivity contribution in [2.24, 2.45) is 5.92 Å². The first-order chi connectivity index (χ1) is 8.91. The Hall–Kier alpha value is -0.900. The third-order valence-corrected chi connectivity index (χ3v) is 4.71. The van der Waals surface area contributed by atoms with E-state index in [-0.39, 0.29) is 11.7 Å². The highest BCUT2D eigenvalue weighted by atomic mass is 16.2. The van der Waals surface area contributed by atoms with E-state index in [1.54, 1.807) is 4.90 Å². The van der Waals surface area contributed by atoms with Gasteiger partial charge in [0.25, 0.3) is 0 Å². The Bertz CT molecular complexity index is 365. The Morgan fingerprint density at radius 2 is 2.11 bits per heavy atom. The molecule has 0 aromatic rings. The SMILES string of the molecule is CN1CCCC(CCC(=O)N2CCC(=O)C2(C)C)C1. The summed E-state index contributed by atoms with van der Waals surface area (Å²) in [4.78, 5) is 28.2. The van der Waals surface area contributed by atoms with Crippen LogP contribution in [-0.4, -0.2) is 53.7 Å². The molecule has 2 heterocycles. The second kappa shape index (κ2) is 5.61. The van der Waals surface area contributed by atoms with E-state index < -0.39 is 5.54 Å². The average Bonchev–Trinajstić information content (AvgIpc) is 2.61. The fourth-order valence-corrected chi connectivity index (χ4v) is 3.36. The number of likely N-dealkylation sites (tertiary alicyclic amines) is 2. The predicted molar refractivity (Wildman–Crippen MR) is 74.9 cm³/mol. The molecule has 2 aliphatic heterocycles. The van der Waals surface area contributed by atoms with Crippen LogP contribution in [0.5, 0.6) is 0 Å². The van der Waals surface area contributed by atoms with Crippen LogP contribution < -0.4 is 0 Å². The Labute approximate surface area is 116 Å². The van der Waals surface area contributed by atoms with Crippen LogP contribution in [0.4, 0.5) is 0 Å². The zero-order chi connectivity index (χ0) is 14.0. The molecule has 2 rings (SSSR count). The van der Waals surface area contributed by atoms with Gasteiger partial charge in [0.1, 0.15) is 0 Å². The fourth-order valence-electron chi connectivity index (χ4n) is 3.36. The maximum atomic E-state index is 12.3. The van der Waals surface area contributed by atoms with Crippen LogP contribution in [0.2, 0.25) is 0 Å². The van der Waals surface area contributed by atoms with Crippen molar-refractivity contribution in [2.45, 2.75) is 51.5 Å². The smallest absolute Gasteiger partial charge is 0.223 e. The van der Waals surface area contributed by atoms with Crippen molar-refractivity contribution < 1.29 is 9.59 Å². The minimum absolute atomic E-state index is 0.157. The van der Waals surface area contributed by atoms with Gasteiger partial charge < -0.3 is 9.80 Å². The number of carbonyl (C=O) groups is 2. The topological polar surface area (TPSA) is 40.6 Å². The lowest BCUT2D eigenvalue weighted by Crippen LogP contribution is -2.46. The number of carbonyl (C=O) groups excluding carboxylic acids is 2. The lowest BCUT2D eigenvalue weighted by atomic mass is 9.93. The number of hydrogen-bond donors (Lipinski definition) is 0. The predicted octanol–water partition coefficient (Wildman–Crippen LogP) is 1.69. The van der Waals surface area contributed by atoms with E-state index in [2.05, 4.69) is 11.9 Å². The molecule has 4 heteroatoms. The van der Waals surface area contributed by atoms with Crippen LogP contribution in [-0.2, 0) is 9.59 Å². The average molecular weight is 266 g/mol. The van der Waals surface area contributed by atoms with Crippen LogP contribution in [0.1, 0.15) is 46.0 Å². The van der Waals surface area contributed by atoms with Gasteiger partial charge in [-0.25, -0.2) is 0 Å². The molecular formula is C15H26N2O2. The first kappa shape index (κ1) is 14.5. The largest absolute Gasteiger partial charge is 0.330 e. The molecule has 4 nitrogen and oxygen atoms in total. The molecule has 0 radical (unpaired) electrons. The Balaban J connectivity index is 1.83. The lowest BCUT2D eigenvalue weighted by Gasteiger charge is -2.32. The van der Waals surface area contributed by atoms with E-state index in [0.29, 0.717) is 25.3 Å². The van der Waals surface area contributed by atoms with Crippen molar-refractivity contribution in [2.75, 3.05) is 26.7 Å². The quantitative estimate of drug-likeness (QED) is 0.780. The van der Waals surface area contributed by atoms with Crippen molar-refractivity contribution in [3.8, 4) is 0 Å². The van der Waals surface area contributed by atoms with Gasteiger partial charge in [-0.05, 0) is 52.6 Å². The maximum absolute atomic E-state index is 12.3. The van der Waals surface area contributed by atoms with E-state index in [9.17, 15) is 9.59 Å². The number of hydrogen-bond acceptors (Lipinski definition) is 3. The van der Waals surface area contributed by atoms with Gasteiger partial charge in [-0.1, -0.05) is 0 Å². The second-order valence-corrected chi connectivity index (χ2v) is 6.59. The van der Waals surface area contributed by atoms with E-state index in [1.165, 1.54) is 19.4 Å². The number of Topliss-reactive ketones (excluding diaryl/α,β-unsaturated/α-hetero) is 1. The highest BCUT2D eigenvalue weighted by molar-refractivity contribution is 5.95. The van der Waals surface area contributed by atoms with Crippen molar-refractivity contribution in [3.63, 3.8) is 0 Å². The summed E-state index contributed by atoms with van der Waals surface area (Å²) < 4.78 is 0. The number of amides is 1. The van der Waals surface area contributed by atoms with Gasteiger partial charge in [0.15, 0.2) is 5.78 Å². The van der Waals surface area contributed by atoms with Crippen molar-refractivity contribution in [3.05, 3.63) is 0 Å². The molecule has 1 unspecified atom stereocenters. The summed E-state index contributed by atoms with van der Waals surface area (Å²) >= 11 is 0. The van der Waals surface area contributed by atoms with Crippen molar-refractivity contribution in [1.29, 1.82) is 0 Å². The van der Waals surface area contributed by atoms with Crippen LogP contribution in [0.25, 0.3) is 0 Å². The Morgan fingerprint density at radius 1 is 1.37 bits per heavy atom. The van der Waals surface area contributed by atoms with Gasteiger partial charge in [-0.3, -0.25) is 9.59 Å². The summed E-state index contributed by atoms with van der Waals surface area (Å²) in [6.07, 6.45) is 4.55. The molecular weight excluding hydrogens is 240 g/mol. The molecule has 2 saturated heterocycles. The molecule has 0 saturated carbocycles. The van der Waals surface area contributed by atoms with Crippen LogP contribution in [0, 0.1) is 5.92 Å². The zero-order valence-corrected chi connectivity index (χ0v) is 12.4. The molecule has 19 heavy (non-hydrogen) atoms. The van der Waals surface area contributed by atoms with Crippen molar-refractivity contribution in [1.82, 2.24) is 9.80 Å². The van der Waals surface area contributed by atoms with Gasteiger partial charge >= 0.3 is 0 Å². The lowest BCUT2D eigenvalue weighted by molar-refractivity contribution is -0.139. The van der Waals surface area contributed by atoms with Gasteiger partial charge in [0.2, 0.25) is 5.91 Å². The van der Waals surface area contributed by atoms with Gasteiger partial charge in [-0.2, -0.15) is 0 Å². The molecule has 0 bridgehead atoms. The third-order valence-electron chi connectivity index (χ3n) is 4.71. The first-order valence-corrected chi connectivity index (χ1v) is 7.43.